The molecule has 11 heavy (non-hydrogen) atoms. The van der Waals surface area contributed by atoms with Crippen LogP contribution in [0.5, 0.6) is 0 Å². The molecule has 6 heteroatoms. The fraction of sp³-hybridized carbons (Fsp3) is 0.200. The molecule has 0 fully saturated rings. The first kappa shape index (κ1) is 10.3. The molecule has 4 nitrogen and oxygen atoms in total. The van der Waals surface area contributed by atoms with Gasteiger partial charge < -0.3 is 10.8 Å². The van der Waals surface area contributed by atoms with Crippen LogP contribution in [0.15, 0.2) is 5.38 Å². The van der Waals surface area contributed by atoms with Crippen LogP contribution >= 0.6 is 23.7 Å². The first-order chi connectivity index (χ1) is 4.74. The van der Waals surface area contributed by atoms with Gasteiger partial charge >= 0.3 is 5.97 Å². The zero-order valence-electron chi connectivity index (χ0n) is 5.48. The van der Waals surface area contributed by atoms with Crippen LogP contribution < -0.4 is 5.73 Å². The van der Waals surface area contributed by atoms with E-state index in [9.17, 15) is 4.79 Å². The minimum Gasteiger partial charge on any atom is -0.476 e. The van der Waals surface area contributed by atoms with Crippen LogP contribution in [0.25, 0.3) is 0 Å². The maximum Gasteiger partial charge on any atom is 0.355 e. The van der Waals surface area contributed by atoms with Gasteiger partial charge in [-0.05, 0) is 0 Å². The van der Waals surface area contributed by atoms with Gasteiger partial charge in [0, 0.05) is 11.9 Å². The quantitative estimate of drug-likeness (QED) is 0.728. The number of rotatable bonds is 2. The summed E-state index contributed by atoms with van der Waals surface area (Å²) < 4.78 is 0. The van der Waals surface area contributed by atoms with Crippen molar-refractivity contribution in [1.82, 2.24) is 4.98 Å². The molecule has 0 aliphatic rings. The SMILES string of the molecule is Cl.NCc1nc(C(=O)O)cs1. The normalized spacial score (nSPS) is 8.82. The Kier molecular flexibility index (Phi) is 4.02. The lowest BCUT2D eigenvalue weighted by molar-refractivity contribution is 0.0691. The maximum atomic E-state index is 10.2. The number of nitrogens with zero attached hydrogens (tertiary/aromatic N) is 1. The Morgan fingerprint density at radius 3 is 2.73 bits per heavy atom. The summed E-state index contributed by atoms with van der Waals surface area (Å²) in [5.74, 6) is -1.00. The Labute approximate surface area is 73.5 Å². The lowest BCUT2D eigenvalue weighted by Gasteiger charge is -1.82. The monoisotopic (exact) mass is 194 g/mol. The largest absolute Gasteiger partial charge is 0.476 e. The fourth-order valence-corrected chi connectivity index (χ4v) is 1.15. The van der Waals surface area contributed by atoms with Crippen molar-refractivity contribution in [2.75, 3.05) is 0 Å². The predicted molar refractivity (Wildman–Crippen MR) is 44.2 cm³/mol. The van der Waals surface area contributed by atoms with Gasteiger partial charge in [0.15, 0.2) is 5.69 Å². The highest BCUT2D eigenvalue weighted by Crippen LogP contribution is 2.07. The summed E-state index contributed by atoms with van der Waals surface area (Å²) in [5, 5.41) is 10.5. The smallest absolute Gasteiger partial charge is 0.355 e. The van der Waals surface area contributed by atoms with Gasteiger partial charge in [0.25, 0.3) is 0 Å². The summed E-state index contributed by atoms with van der Waals surface area (Å²) >= 11 is 1.26. The summed E-state index contributed by atoms with van der Waals surface area (Å²) in [6.07, 6.45) is 0. The highest BCUT2D eigenvalue weighted by molar-refractivity contribution is 7.09. The van der Waals surface area contributed by atoms with E-state index in [0.29, 0.717) is 11.6 Å². The van der Waals surface area contributed by atoms with E-state index in [1.54, 1.807) is 0 Å². The summed E-state index contributed by atoms with van der Waals surface area (Å²) in [4.78, 5) is 14.0. The van der Waals surface area contributed by atoms with Crippen molar-refractivity contribution in [3.63, 3.8) is 0 Å². The fourth-order valence-electron chi connectivity index (χ4n) is 0.503. The van der Waals surface area contributed by atoms with E-state index in [4.69, 9.17) is 10.8 Å². The van der Waals surface area contributed by atoms with E-state index in [0.717, 1.165) is 0 Å². The summed E-state index contributed by atoms with van der Waals surface area (Å²) in [7, 11) is 0. The number of hydrogen-bond donors (Lipinski definition) is 2. The molecule has 0 unspecified atom stereocenters. The number of carboxylic acid groups (broad SMARTS) is 1. The van der Waals surface area contributed by atoms with Gasteiger partial charge in [-0.2, -0.15) is 0 Å². The molecule has 0 saturated carbocycles. The molecule has 0 amide bonds. The third-order valence-electron chi connectivity index (χ3n) is 0.945. The van der Waals surface area contributed by atoms with Crippen molar-refractivity contribution in [3.05, 3.63) is 16.1 Å². The second-order valence-corrected chi connectivity index (χ2v) is 2.58. The van der Waals surface area contributed by atoms with Gasteiger partial charge in [-0.3, -0.25) is 0 Å². The van der Waals surface area contributed by atoms with Crippen molar-refractivity contribution in [2.24, 2.45) is 5.73 Å². The summed E-state index contributed by atoms with van der Waals surface area (Å²) in [6, 6.07) is 0. The van der Waals surface area contributed by atoms with Gasteiger partial charge in [-0.15, -0.1) is 23.7 Å². The van der Waals surface area contributed by atoms with Crippen molar-refractivity contribution in [3.8, 4) is 0 Å². The number of carboxylic acids is 1. The van der Waals surface area contributed by atoms with Crippen LogP contribution in [-0.2, 0) is 6.54 Å². The van der Waals surface area contributed by atoms with E-state index >= 15 is 0 Å². The Morgan fingerprint density at radius 2 is 2.45 bits per heavy atom. The topological polar surface area (TPSA) is 76.2 Å². The van der Waals surface area contributed by atoms with Crippen molar-refractivity contribution in [1.29, 1.82) is 0 Å². The molecule has 0 aliphatic carbocycles. The number of aromatic carboxylic acids is 1. The van der Waals surface area contributed by atoms with Crippen molar-refractivity contribution < 1.29 is 9.90 Å². The third kappa shape index (κ3) is 2.45. The van der Waals surface area contributed by atoms with Gasteiger partial charge in [-0.25, -0.2) is 9.78 Å². The number of hydrogen-bond acceptors (Lipinski definition) is 4. The number of aromatic nitrogens is 1. The van der Waals surface area contributed by atoms with Gasteiger partial charge in [0.05, 0.1) is 0 Å². The van der Waals surface area contributed by atoms with Crippen LogP contribution in [0.3, 0.4) is 0 Å². The van der Waals surface area contributed by atoms with Crippen LogP contribution in [0.1, 0.15) is 15.5 Å². The lowest BCUT2D eigenvalue weighted by atomic mass is 10.5. The van der Waals surface area contributed by atoms with Gasteiger partial charge in [0.2, 0.25) is 0 Å². The number of carbonyl (C=O) groups is 1. The average molecular weight is 195 g/mol. The molecule has 0 aliphatic heterocycles. The first-order valence-electron chi connectivity index (χ1n) is 2.62. The molecule has 0 atom stereocenters. The van der Waals surface area contributed by atoms with Crippen molar-refractivity contribution >= 4 is 29.7 Å². The number of nitrogens with two attached hydrogens (primary N) is 1. The Balaban J connectivity index is 0.000001000. The second-order valence-electron chi connectivity index (χ2n) is 1.64. The van der Waals surface area contributed by atoms with Crippen molar-refractivity contribution in [2.45, 2.75) is 6.54 Å². The summed E-state index contributed by atoms with van der Waals surface area (Å²) in [5.41, 5.74) is 5.29. The minimum absolute atomic E-state index is 0. The Hall–Kier alpha value is -0.650. The zero-order chi connectivity index (χ0) is 7.56. The average Bonchev–Trinajstić information content (AvgIpc) is 2.34. The standard InChI is InChI=1S/C5H6N2O2S.ClH/c6-1-4-7-3(2-10-4)5(8)9;/h2H,1,6H2,(H,8,9);1H. The minimum atomic E-state index is -1.00. The predicted octanol–water partition coefficient (Wildman–Crippen LogP) is 0.722. The second kappa shape index (κ2) is 4.27. The van der Waals surface area contributed by atoms with Crippen LogP contribution in [0, 0.1) is 0 Å². The molecule has 0 radical (unpaired) electrons. The number of thiazole rings is 1. The molecule has 1 aromatic rings. The highest BCUT2D eigenvalue weighted by Gasteiger charge is 2.06. The molecular weight excluding hydrogens is 188 g/mol. The number of halogens is 1. The van der Waals surface area contributed by atoms with Crippen LogP contribution in [0.2, 0.25) is 0 Å². The molecule has 1 heterocycles. The van der Waals surface area contributed by atoms with E-state index in [1.165, 1.54) is 16.7 Å². The van der Waals surface area contributed by atoms with E-state index in [1.807, 2.05) is 0 Å². The molecule has 0 bridgehead atoms. The molecule has 0 saturated heterocycles. The highest BCUT2D eigenvalue weighted by atomic mass is 35.5. The van der Waals surface area contributed by atoms with Gasteiger partial charge in [-0.1, -0.05) is 0 Å². The van der Waals surface area contributed by atoms with Crippen LogP contribution in [0.4, 0.5) is 0 Å². The van der Waals surface area contributed by atoms with E-state index in [-0.39, 0.29) is 18.1 Å². The van der Waals surface area contributed by atoms with Gasteiger partial charge in [0.1, 0.15) is 5.01 Å². The first-order valence-corrected chi connectivity index (χ1v) is 3.49. The van der Waals surface area contributed by atoms with Crippen LogP contribution in [-0.4, -0.2) is 16.1 Å². The lowest BCUT2D eigenvalue weighted by Crippen LogP contribution is -1.99. The Bertz CT molecular complexity index is 250. The zero-order valence-corrected chi connectivity index (χ0v) is 7.11. The molecule has 0 aromatic carbocycles. The molecule has 62 valence electrons. The molecule has 0 spiro atoms. The third-order valence-corrected chi connectivity index (χ3v) is 1.82. The molecular formula is C5H7ClN2O2S. The summed E-state index contributed by atoms with van der Waals surface area (Å²) in [6.45, 7) is 0.304. The van der Waals surface area contributed by atoms with E-state index in [2.05, 4.69) is 4.98 Å². The van der Waals surface area contributed by atoms with E-state index < -0.39 is 5.97 Å². The molecule has 1 aromatic heterocycles. The maximum absolute atomic E-state index is 10.2. The molecule has 1 rings (SSSR count). The Morgan fingerprint density at radius 1 is 1.82 bits per heavy atom. The molecule has 3 N–H and O–H groups in total.